The van der Waals surface area contributed by atoms with Crippen LogP contribution in [-0.4, -0.2) is 31.9 Å². The maximum Gasteiger partial charge on any atom is 0.340 e. The van der Waals surface area contributed by atoms with E-state index in [2.05, 4.69) is 31.0 Å². The molecule has 0 fully saturated rings. The van der Waals surface area contributed by atoms with Crippen LogP contribution < -0.4 is 10.0 Å². The van der Waals surface area contributed by atoms with E-state index >= 15 is 0 Å². The Morgan fingerprint density at radius 1 is 1.19 bits per heavy atom. The van der Waals surface area contributed by atoms with Gasteiger partial charge in [-0.05, 0) is 58.4 Å². The van der Waals surface area contributed by atoms with E-state index < -0.39 is 34.3 Å². The number of ether oxygens (including phenoxy) is 1. The number of hydrogen-bond donors (Lipinski definition) is 2. The summed E-state index contributed by atoms with van der Waals surface area (Å²) in [6.45, 7) is -0.628. The fourth-order valence-electron chi connectivity index (χ4n) is 2.24. The molecule has 162 valence electrons. The van der Waals surface area contributed by atoms with Crippen LogP contribution in [0.4, 0.5) is 15.2 Å². The minimum Gasteiger partial charge on any atom is -0.452 e. The maximum absolute atomic E-state index is 13.0. The first-order valence-electron chi connectivity index (χ1n) is 8.30. The second-order valence-corrected chi connectivity index (χ2v) is 10.3. The average molecular weight is 549 g/mol. The van der Waals surface area contributed by atoms with Crippen LogP contribution >= 0.6 is 38.9 Å². The number of halogens is 3. The number of sulfonamides is 1. The zero-order chi connectivity index (χ0) is 22.6. The Kier molecular flexibility index (Phi) is 7.26. The lowest BCUT2D eigenvalue weighted by Crippen LogP contribution is -2.21. The molecule has 0 spiro atoms. The van der Waals surface area contributed by atoms with Crippen LogP contribution in [0.1, 0.15) is 10.4 Å². The Morgan fingerprint density at radius 3 is 2.55 bits per heavy atom. The Bertz CT molecular complexity index is 1240. The number of amides is 1. The molecule has 8 nitrogen and oxygen atoms in total. The van der Waals surface area contributed by atoms with Gasteiger partial charge in [-0.25, -0.2) is 22.6 Å². The summed E-state index contributed by atoms with van der Waals surface area (Å²) in [5.74, 6) is -2.14. The van der Waals surface area contributed by atoms with Crippen molar-refractivity contribution in [3.05, 3.63) is 68.9 Å². The molecule has 0 aliphatic heterocycles. The highest BCUT2D eigenvalue weighted by molar-refractivity contribution is 9.11. The molecule has 0 atom stereocenters. The van der Waals surface area contributed by atoms with E-state index in [4.69, 9.17) is 16.3 Å². The van der Waals surface area contributed by atoms with Gasteiger partial charge in [0, 0.05) is 5.69 Å². The molecular formula is C18H12BrClFN3O5S2. The molecule has 0 unspecified atom stereocenters. The molecule has 0 bridgehead atoms. The Hall–Kier alpha value is -2.54. The van der Waals surface area contributed by atoms with Crippen molar-refractivity contribution in [2.45, 2.75) is 4.90 Å². The van der Waals surface area contributed by atoms with E-state index in [-0.39, 0.29) is 21.2 Å². The van der Waals surface area contributed by atoms with Gasteiger partial charge in [0.25, 0.3) is 15.9 Å². The number of hydrogen-bond acceptors (Lipinski definition) is 7. The number of nitrogens with zero attached hydrogens (tertiary/aromatic N) is 1. The van der Waals surface area contributed by atoms with E-state index in [0.29, 0.717) is 8.92 Å². The van der Waals surface area contributed by atoms with E-state index in [1.807, 2.05) is 0 Å². The summed E-state index contributed by atoms with van der Waals surface area (Å²) < 4.78 is 46.0. The molecule has 0 aliphatic rings. The molecule has 0 radical (unpaired) electrons. The van der Waals surface area contributed by atoms with Crippen LogP contribution in [0.3, 0.4) is 0 Å². The smallest absolute Gasteiger partial charge is 0.340 e. The van der Waals surface area contributed by atoms with Crippen LogP contribution in [0.2, 0.25) is 5.02 Å². The molecule has 3 rings (SSSR count). The van der Waals surface area contributed by atoms with Crippen molar-refractivity contribution in [1.29, 1.82) is 0 Å². The third kappa shape index (κ3) is 6.23. The van der Waals surface area contributed by atoms with Gasteiger partial charge in [-0.15, -0.1) is 0 Å². The summed E-state index contributed by atoms with van der Waals surface area (Å²) in [7, 11) is -4.10. The second kappa shape index (κ2) is 9.73. The van der Waals surface area contributed by atoms with Crippen molar-refractivity contribution < 1.29 is 27.1 Å². The summed E-state index contributed by atoms with van der Waals surface area (Å²) in [4.78, 5) is 27.9. The summed E-state index contributed by atoms with van der Waals surface area (Å²) in [5, 5.41) is 2.70. The number of carbonyl (C=O) groups excluding carboxylic acids is 2. The standard InChI is InChI=1S/C18H12BrClFN3O5S2/c19-15-8-22-18(30-15)23-16(25)9-29-17(26)13-7-12(5-6-14(13)20)31(27,28)24-11-3-1-10(21)2-4-11/h1-8,24H,9H2,(H,22,23,25). The summed E-state index contributed by atoms with van der Waals surface area (Å²) >= 11 is 10.4. The van der Waals surface area contributed by atoms with Gasteiger partial charge in [-0.1, -0.05) is 22.9 Å². The van der Waals surface area contributed by atoms with Gasteiger partial charge >= 0.3 is 5.97 Å². The molecule has 13 heteroatoms. The van der Waals surface area contributed by atoms with Crippen LogP contribution in [0.15, 0.2) is 57.3 Å². The van der Waals surface area contributed by atoms with Gasteiger partial charge in [-0.3, -0.25) is 14.8 Å². The first-order valence-corrected chi connectivity index (χ1v) is 11.8. The fraction of sp³-hybridized carbons (Fsp3) is 0.0556. The van der Waals surface area contributed by atoms with Crippen molar-refractivity contribution in [3.63, 3.8) is 0 Å². The zero-order valence-electron chi connectivity index (χ0n) is 15.3. The molecule has 1 amide bonds. The molecule has 2 aromatic carbocycles. The molecule has 2 N–H and O–H groups in total. The molecule has 31 heavy (non-hydrogen) atoms. The second-order valence-electron chi connectivity index (χ2n) is 5.85. The number of nitrogens with one attached hydrogen (secondary N) is 2. The van der Waals surface area contributed by atoms with Gasteiger partial charge in [0.2, 0.25) is 0 Å². The lowest BCUT2D eigenvalue weighted by Gasteiger charge is -2.11. The van der Waals surface area contributed by atoms with Crippen LogP contribution in [-0.2, 0) is 19.6 Å². The lowest BCUT2D eigenvalue weighted by molar-refractivity contribution is -0.119. The summed E-state index contributed by atoms with van der Waals surface area (Å²) in [5.41, 5.74) is -0.112. The molecular weight excluding hydrogens is 537 g/mol. The number of aromatic nitrogens is 1. The molecule has 0 aliphatic carbocycles. The van der Waals surface area contributed by atoms with Gasteiger partial charge in [0.15, 0.2) is 11.7 Å². The first kappa shape index (κ1) is 23.1. The van der Waals surface area contributed by atoms with E-state index in [9.17, 15) is 22.4 Å². The highest BCUT2D eigenvalue weighted by atomic mass is 79.9. The largest absolute Gasteiger partial charge is 0.452 e. The van der Waals surface area contributed by atoms with Crippen LogP contribution in [0.5, 0.6) is 0 Å². The van der Waals surface area contributed by atoms with Crippen LogP contribution in [0.25, 0.3) is 0 Å². The fourth-order valence-corrected chi connectivity index (χ4v) is 4.64. The molecule has 1 heterocycles. The molecule has 0 saturated carbocycles. The quantitative estimate of drug-likeness (QED) is 0.426. The zero-order valence-corrected chi connectivity index (χ0v) is 19.2. The van der Waals surface area contributed by atoms with Crippen molar-refractivity contribution in [1.82, 2.24) is 4.98 Å². The van der Waals surface area contributed by atoms with Crippen LogP contribution in [0, 0.1) is 5.82 Å². The highest BCUT2D eigenvalue weighted by Crippen LogP contribution is 2.24. The molecule has 0 saturated heterocycles. The normalized spacial score (nSPS) is 11.1. The number of rotatable bonds is 7. The number of thiazole rings is 1. The highest BCUT2D eigenvalue weighted by Gasteiger charge is 2.21. The van der Waals surface area contributed by atoms with Crippen molar-refractivity contribution in [3.8, 4) is 0 Å². The number of anilines is 2. The van der Waals surface area contributed by atoms with Gasteiger partial charge in [0.1, 0.15) is 5.82 Å². The monoisotopic (exact) mass is 547 g/mol. The van der Waals surface area contributed by atoms with Crippen molar-refractivity contribution >= 4 is 71.6 Å². The predicted octanol–water partition coefficient (Wildman–Crippen LogP) is 4.29. The molecule has 3 aromatic rings. The third-order valence-electron chi connectivity index (χ3n) is 3.62. The van der Waals surface area contributed by atoms with Crippen molar-refractivity contribution in [2.75, 3.05) is 16.6 Å². The summed E-state index contributed by atoms with van der Waals surface area (Å²) in [6, 6.07) is 8.11. The topological polar surface area (TPSA) is 114 Å². The third-order valence-corrected chi connectivity index (χ3v) is 6.72. The van der Waals surface area contributed by atoms with Gasteiger partial charge in [0.05, 0.1) is 25.5 Å². The first-order chi connectivity index (χ1) is 14.6. The minimum atomic E-state index is -4.10. The number of benzene rings is 2. The van der Waals surface area contributed by atoms with Crippen molar-refractivity contribution in [2.24, 2.45) is 0 Å². The van der Waals surface area contributed by atoms with E-state index in [0.717, 1.165) is 18.2 Å². The Morgan fingerprint density at radius 2 is 1.90 bits per heavy atom. The predicted molar refractivity (Wildman–Crippen MR) is 117 cm³/mol. The Balaban J connectivity index is 1.69. The lowest BCUT2D eigenvalue weighted by atomic mass is 10.2. The van der Waals surface area contributed by atoms with Gasteiger partial charge < -0.3 is 4.74 Å². The number of esters is 1. The number of carbonyl (C=O) groups is 2. The Labute approximate surface area is 193 Å². The van der Waals surface area contributed by atoms with E-state index in [1.54, 1.807) is 0 Å². The van der Waals surface area contributed by atoms with Gasteiger partial charge in [-0.2, -0.15) is 0 Å². The summed E-state index contributed by atoms with van der Waals surface area (Å²) in [6.07, 6.45) is 1.50. The maximum atomic E-state index is 13.0. The average Bonchev–Trinajstić information content (AvgIpc) is 3.12. The SMILES string of the molecule is O=C(COC(=O)c1cc(S(=O)(=O)Nc2ccc(F)cc2)ccc1Cl)Nc1ncc(Br)s1. The molecule has 1 aromatic heterocycles. The minimum absolute atomic E-state index is 0.0602. The van der Waals surface area contributed by atoms with E-state index in [1.165, 1.54) is 41.8 Å².